The first-order valence-electron chi connectivity index (χ1n) is 5.42. The van der Waals surface area contributed by atoms with Crippen LogP contribution in [0.4, 0.5) is 0 Å². The van der Waals surface area contributed by atoms with Gasteiger partial charge in [-0.2, -0.15) is 0 Å². The van der Waals surface area contributed by atoms with Gasteiger partial charge in [0, 0.05) is 5.56 Å². The quantitative estimate of drug-likeness (QED) is 0.665. The number of thioether (sulfide) groups is 1. The number of carbonyl (C=O) groups excluding carboxylic acids is 1. The summed E-state index contributed by atoms with van der Waals surface area (Å²) in [7, 11) is 1.30. The van der Waals surface area contributed by atoms with Crippen LogP contribution >= 0.6 is 11.8 Å². The summed E-state index contributed by atoms with van der Waals surface area (Å²) in [5, 5.41) is 8.04. The van der Waals surface area contributed by atoms with Gasteiger partial charge in [0.1, 0.15) is 0 Å². The zero-order valence-electron chi connectivity index (χ0n) is 10.1. The van der Waals surface area contributed by atoms with Crippen molar-refractivity contribution < 1.29 is 9.53 Å². The number of methoxy groups -OCH3 is 1. The van der Waals surface area contributed by atoms with Crippen LogP contribution in [0.2, 0.25) is 0 Å². The molecule has 98 valence electrons. The number of carbonyl (C=O) groups is 1. The molecule has 1 aromatic carbocycles. The van der Waals surface area contributed by atoms with Crippen molar-refractivity contribution in [3.05, 3.63) is 40.7 Å². The third-order valence-electron chi connectivity index (χ3n) is 2.28. The van der Waals surface area contributed by atoms with E-state index in [9.17, 15) is 9.59 Å². The number of esters is 1. The lowest BCUT2D eigenvalue weighted by Gasteiger charge is -2.01. The third-order valence-corrected chi connectivity index (χ3v) is 3.12. The molecule has 1 N–H and O–H groups in total. The summed E-state index contributed by atoms with van der Waals surface area (Å²) in [6.45, 7) is 0. The van der Waals surface area contributed by atoms with Crippen LogP contribution in [0.15, 0.2) is 40.3 Å². The summed E-state index contributed by atoms with van der Waals surface area (Å²) in [5.74, 6) is -0.314. The molecule has 0 aliphatic heterocycles. The molecule has 0 unspecified atom stereocenters. The van der Waals surface area contributed by atoms with Crippen molar-refractivity contribution in [2.75, 3.05) is 12.9 Å². The molecule has 1 aromatic heterocycles. The second-order valence-corrected chi connectivity index (χ2v) is 4.50. The van der Waals surface area contributed by atoms with Gasteiger partial charge in [-0.1, -0.05) is 42.1 Å². The molecule has 0 saturated carbocycles. The maximum atomic E-state index is 11.9. The summed E-state index contributed by atoms with van der Waals surface area (Å²) in [4.78, 5) is 25.4. The van der Waals surface area contributed by atoms with Crippen LogP contribution in [0.3, 0.4) is 0 Å². The van der Waals surface area contributed by atoms with Gasteiger partial charge in [0.25, 0.3) is 5.56 Å². The summed E-state index contributed by atoms with van der Waals surface area (Å²) >= 11 is 1.07. The van der Waals surface area contributed by atoms with E-state index in [4.69, 9.17) is 0 Å². The zero-order valence-corrected chi connectivity index (χ0v) is 10.9. The van der Waals surface area contributed by atoms with Crippen molar-refractivity contribution in [3.63, 3.8) is 0 Å². The average molecular weight is 277 g/mol. The zero-order chi connectivity index (χ0) is 13.7. The van der Waals surface area contributed by atoms with Crippen molar-refractivity contribution in [3.8, 4) is 11.3 Å². The van der Waals surface area contributed by atoms with Crippen LogP contribution in [0.5, 0.6) is 0 Å². The first kappa shape index (κ1) is 13.3. The first-order valence-corrected chi connectivity index (χ1v) is 6.41. The Balaban J connectivity index is 2.19. The molecule has 6 nitrogen and oxygen atoms in total. The topological polar surface area (TPSA) is 84.9 Å². The second kappa shape index (κ2) is 6.14. The van der Waals surface area contributed by atoms with Crippen LogP contribution in [0.25, 0.3) is 11.3 Å². The SMILES string of the molecule is COC(=O)CSc1nnc(-c2ccccc2)c(=O)[nH]1. The van der Waals surface area contributed by atoms with Gasteiger partial charge in [0.15, 0.2) is 10.9 Å². The molecule has 0 radical (unpaired) electrons. The number of hydrogen-bond acceptors (Lipinski definition) is 6. The Labute approximate surface area is 113 Å². The first-order chi connectivity index (χ1) is 9.20. The van der Waals surface area contributed by atoms with E-state index in [1.807, 2.05) is 18.2 Å². The molecule has 0 saturated heterocycles. The molecule has 0 atom stereocenters. The number of aromatic nitrogens is 3. The van der Waals surface area contributed by atoms with Gasteiger partial charge < -0.3 is 4.74 Å². The molecular formula is C12H11N3O3S. The van der Waals surface area contributed by atoms with Crippen LogP contribution in [0.1, 0.15) is 0 Å². The number of H-pyrrole nitrogens is 1. The smallest absolute Gasteiger partial charge is 0.316 e. The van der Waals surface area contributed by atoms with E-state index in [0.717, 1.165) is 11.8 Å². The number of nitrogens with one attached hydrogen (secondary N) is 1. The fraction of sp³-hybridized carbons (Fsp3) is 0.167. The fourth-order valence-corrected chi connectivity index (χ4v) is 1.99. The molecule has 2 rings (SSSR count). The van der Waals surface area contributed by atoms with Crippen LogP contribution in [-0.2, 0) is 9.53 Å². The highest BCUT2D eigenvalue weighted by atomic mass is 32.2. The predicted molar refractivity (Wildman–Crippen MR) is 70.8 cm³/mol. The molecule has 19 heavy (non-hydrogen) atoms. The largest absolute Gasteiger partial charge is 0.468 e. The summed E-state index contributed by atoms with van der Waals surface area (Å²) in [6, 6.07) is 9.04. The highest BCUT2D eigenvalue weighted by Gasteiger charge is 2.09. The Morgan fingerprint density at radius 1 is 1.32 bits per heavy atom. The van der Waals surface area contributed by atoms with Gasteiger partial charge in [-0.25, -0.2) is 0 Å². The number of benzene rings is 1. The molecule has 2 aromatic rings. The van der Waals surface area contributed by atoms with Gasteiger partial charge in [-0.15, -0.1) is 10.2 Å². The van der Waals surface area contributed by atoms with Gasteiger partial charge in [-0.05, 0) is 0 Å². The number of nitrogens with zero attached hydrogens (tertiary/aromatic N) is 2. The van der Waals surface area contributed by atoms with E-state index in [0.29, 0.717) is 5.56 Å². The van der Waals surface area contributed by atoms with Crippen molar-refractivity contribution in [1.82, 2.24) is 15.2 Å². The van der Waals surface area contributed by atoms with Gasteiger partial charge >= 0.3 is 5.97 Å². The Morgan fingerprint density at radius 2 is 2.05 bits per heavy atom. The number of hydrogen-bond donors (Lipinski definition) is 1. The molecule has 0 spiro atoms. The molecule has 0 fully saturated rings. The predicted octanol–water partition coefficient (Wildman–Crippen LogP) is 1.10. The molecule has 0 aliphatic rings. The molecule has 1 heterocycles. The third kappa shape index (κ3) is 3.41. The van der Waals surface area contributed by atoms with Crippen LogP contribution in [-0.4, -0.2) is 34.0 Å². The molecule has 0 aliphatic carbocycles. The minimum absolute atomic E-state index is 0.0752. The summed E-state index contributed by atoms with van der Waals surface area (Å²) in [5.41, 5.74) is 0.609. The van der Waals surface area contributed by atoms with E-state index in [2.05, 4.69) is 19.9 Å². The van der Waals surface area contributed by atoms with Crippen molar-refractivity contribution >= 4 is 17.7 Å². The molecular weight excluding hydrogens is 266 g/mol. The lowest BCUT2D eigenvalue weighted by atomic mass is 10.2. The minimum Gasteiger partial charge on any atom is -0.468 e. The number of rotatable bonds is 4. The monoisotopic (exact) mass is 277 g/mol. The van der Waals surface area contributed by atoms with E-state index < -0.39 is 0 Å². The molecule has 7 heteroatoms. The maximum Gasteiger partial charge on any atom is 0.316 e. The van der Waals surface area contributed by atoms with E-state index >= 15 is 0 Å². The summed E-state index contributed by atoms with van der Waals surface area (Å²) < 4.78 is 4.50. The number of ether oxygens (including phenoxy) is 1. The van der Waals surface area contributed by atoms with E-state index in [-0.39, 0.29) is 28.1 Å². The standard InChI is InChI=1S/C12H11N3O3S/c1-18-9(16)7-19-12-13-11(17)10(14-15-12)8-5-3-2-4-6-8/h2-6H,7H2,1H3,(H,13,15,17). The normalized spacial score (nSPS) is 10.2. The van der Waals surface area contributed by atoms with Crippen molar-refractivity contribution in [1.29, 1.82) is 0 Å². The maximum absolute atomic E-state index is 11.9. The highest BCUT2D eigenvalue weighted by Crippen LogP contribution is 2.13. The van der Waals surface area contributed by atoms with Crippen molar-refractivity contribution in [2.24, 2.45) is 0 Å². The van der Waals surface area contributed by atoms with Gasteiger partial charge in [0.05, 0.1) is 12.9 Å². The van der Waals surface area contributed by atoms with Crippen LogP contribution in [0, 0.1) is 0 Å². The van der Waals surface area contributed by atoms with Crippen molar-refractivity contribution in [2.45, 2.75) is 5.16 Å². The Morgan fingerprint density at radius 3 is 2.68 bits per heavy atom. The van der Waals surface area contributed by atoms with E-state index in [1.54, 1.807) is 12.1 Å². The Hall–Kier alpha value is -2.15. The lowest BCUT2D eigenvalue weighted by Crippen LogP contribution is -2.15. The Bertz CT molecular complexity index is 628. The van der Waals surface area contributed by atoms with Gasteiger partial charge in [0.2, 0.25) is 0 Å². The number of aromatic amines is 1. The lowest BCUT2D eigenvalue weighted by molar-refractivity contribution is -0.137. The minimum atomic E-state index is -0.389. The van der Waals surface area contributed by atoms with E-state index in [1.165, 1.54) is 7.11 Å². The second-order valence-electron chi connectivity index (χ2n) is 3.54. The van der Waals surface area contributed by atoms with Crippen LogP contribution < -0.4 is 5.56 Å². The Kier molecular flexibility index (Phi) is 4.30. The molecule has 0 bridgehead atoms. The average Bonchev–Trinajstić information content (AvgIpc) is 2.45. The highest BCUT2D eigenvalue weighted by molar-refractivity contribution is 7.99. The fourth-order valence-electron chi connectivity index (χ4n) is 1.36. The molecule has 0 amide bonds. The summed E-state index contributed by atoms with van der Waals surface area (Å²) in [6.07, 6.45) is 0. The van der Waals surface area contributed by atoms with Gasteiger partial charge in [-0.3, -0.25) is 14.6 Å².